The first-order valence-corrected chi connectivity index (χ1v) is 6.86. The maximum absolute atomic E-state index is 6.10. The van der Waals surface area contributed by atoms with Crippen molar-refractivity contribution in [3.63, 3.8) is 0 Å². The number of hydrogen-bond acceptors (Lipinski definition) is 0. The van der Waals surface area contributed by atoms with E-state index in [-0.39, 0.29) is 0 Å². The summed E-state index contributed by atoms with van der Waals surface area (Å²) in [6.45, 7) is 4.58. The van der Waals surface area contributed by atoms with Crippen LogP contribution in [0.5, 0.6) is 0 Å². The van der Waals surface area contributed by atoms with E-state index in [4.69, 9.17) is 11.6 Å². The second-order valence-corrected chi connectivity index (χ2v) is 5.77. The lowest BCUT2D eigenvalue weighted by atomic mass is 9.92. The van der Waals surface area contributed by atoms with Gasteiger partial charge in [-0.15, -0.1) is 11.6 Å². The fourth-order valence-electron chi connectivity index (χ4n) is 2.78. The molecule has 1 aromatic rings. The van der Waals surface area contributed by atoms with Gasteiger partial charge in [0.15, 0.2) is 0 Å². The van der Waals surface area contributed by atoms with Gasteiger partial charge in [-0.05, 0) is 42.1 Å². The first-order valence-electron chi connectivity index (χ1n) is 6.33. The molecule has 0 heterocycles. The van der Waals surface area contributed by atoms with Crippen molar-refractivity contribution in [3.8, 4) is 0 Å². The highest BCUT2D eigenvalue weighted by atomic mass is 35.5. The Kier molecular flexibility index (Phi) is 3.91. The van der Waals surface area contributed by atoms with E-state index < -0.39 is 0 Å². The predicted octanol–water partition coefficient (Wildman–Crippen LogP) is 4.69. The molecule has 2 rings (SSSR count). The maximum atomic E-state index is 6.10. The Morgan fingerprint density at radius 1 is 1.25 bits per heavy atom. The topological polar surface area (TPSA) is 0 Å². The van der Waals surface area contributed by atoms with E-state index in [1.54, 1.807) is 0 Å². The molecule has 16 heavy (non-hydrogen) atoms. The standard InChI is InChI=1S/C15H21Cl/c1-11(2)8-13(10-16)15-9-14(15)12-6-4-3-5-7-12/h3-7,11,13-15H,8-10H2,1-2H3. The van der Waals surface area contributed by atoms with Crippen LogP contribution in [0.1, 0.15) is 38.2 Å². The first-order chi connectivity index (χ1) is 7.72. The molecule has 1 aliphatic rings. The van der Waals surface area contributed by atoms with Crippen molar-refractivity contribution >= 4 is 11.6 Å². The zero-order valence-electron chi connectivity index (χ0n) is 10.2. The van der Waals surface area contributed by atoms with Crippen LogP contribution in [0.2, 0.25) is 0 Å². The summed E-state index contributed by atoms with van der Waals surface area (Å²) in [6, 6.07) is 10.9. The van der Waals surface area contributed by atoms with E-state index in [1.165, 1.54) is 18.4 Å². The summed E-state index contributed by atoms with van der Waals surface area (Å²) in [7, 11) is 0. The number of benzene rings is 1. The molecule has 0 N–H and O–H groups in total. The van der Waals surface area contributed by atoms with Crippen LogP contribution in [0.15, 0.2) is 30.3 Å². The highest BCUT2D eigenvalue weighted by Crippen LogP contribution is 2.53. The van der Waals surface area contributed by atoms with E-state index in [1.807, 2.05) is 0 Å². The zero-order chi connectivity index (χ0) is 11.5. The van der Waals surface area contributed by atoms with Gasteiger partial charge in [0.1, 0.15) is 0 Å². The van der Waals surface area contributed by atoms with Crippen LogP contribution in [0, 0.1) is 17.8 Å². The fraction of sp³-hybridized carbons (Fsp3) is 0.600. The fourth-order valence-corrected chi connectivity index (χ4v) is 3.13. The van der Waals surface area contributed by atoms with Crippen LogP contribution in [-0.4, -0.2) is 5.88 Å². The van der Waals surface area contributed by atoms with Crippen LogP contribution < -0.4 is 0 Å². The van der Waals surface area contributed by atoms with Gasteiger partial charge in [-0.2, -0.15) is 0 Å². The average Bonchev–Trinajstić information content (AvgIpc) is 3.07. The number of alkyl halides is 1. The highest BCUT2D eigenvalue weighted by Gasteiger charge is 2.43. The van der Waals surface area contributed by atoms with Crippen molar-refractivity contribution in [3.05, 3.63) is 35.9 Å². The molecule has 0 radical (unpaired) electrons. The summed E-state index contributed by atoms with van der Waals surface area (Å²) in [4.78, 5) is 0. The van der Waals surface area contributed by atoms with Crippen molar-refractivity contribution in [2.45, 2.75) is 32.6 Å². The molecule has 1 aliphatic carbocycles. The van der Waals surface area contributed by atoms with Gasteiger partial charge in [0.2, 0.25) is 0 Å². The van der Waals surface area contributed by atoms with E-state index >= 15 is 0 Å². The van der Waals surface area contributed by atoms with Crippen molar-refractivity contribution in [1.82, 2.24) is 0 Å². The quantitative estimate of drug-likeness (QED) is 0.651. The van der Waals surface area contributed by atoms with E-state index in [0.717, 1.165) is 23.6 Å². The van der Waals surface area contributed by atoms with Crippen LogP contribution in [0.3, 0.4) is 0 Å². The van der Waals surface area contributed by atoms with Gasteiger partial charge >= 0.3 is 0 Å². The zero-order valence-corrected chi connectivity index (χ0v) is 11.0. The van der Waals surface area contributed by atoms with Crippen molar-refractivity contribution in [2.24, 2.45) is 17.8 Å². The third-order valence-corrected chi connectivity index (χ3v) is 4.04. The molecule has 88 valence electrons. The molecule has 0 aliphatic heterocycles. The molecule has 1 aromatic carbocycles. The minimum absolute atomic E-state index is 0.715. The van der Waals surface area contributed by atoms with Gasteiger partial charge in [0, 0.05) is 5.88 Å². The third-order valence-electron chi connectivity index (χ3n) is 3.65. The molecule has 1 heteroatoms. The summed E-state index contributed by atoms with van der Waals surface area (Å²) in [5.41, 5.74) is 1.51. The van der Waals surface area contributed by atoms with Gasteiger partial charge in [-0.1, -0.05) is 44.2 Å². The van der Waals surface area contributed by atoms with Gasteiger partial charge < -0.3 is 0 Å². The average molecular weight is 237 g/mol. The summed E-state index contributed by atoms with van der Waals surface area (Å²) >= 11 is 6.10. The Hall–Kier alpha value is -0.490. The molecular weight excluding hydrogens is 216 g/mol. The van der Waals surface area contributed by atoms with Crippen LogP contribution in [0.25, 0.3) is 0 Å². The lowest BCUT2D eigenvalue weighted by molar-refractivity contribution is 0.396. The largest absolute Gasteiger partial charge is 0.126 e. The lowest BCUT2D eigenvalue weighted by Crippen LogP contribution is -2.09. The second-order valence-electron chi connectivity index (χ2n) is 5.46. The summed E-state index contributed by atoms with van der Waals surface area (Å²) in [6.07, 6.45) is 2.62. The number of hydrogen-bond donors (Lipinski definition) is 0. The smallest absolute Gasteiger partial charge is 0.0254 e. The van der Waals surface area contributed by atoms with Crippen molar-refractivity contribution in [2.75, 3.05) is 5.88 Å². The SMILES string of the molecule is CC(C)CC(CCl)C1CC1c1ccccc1. The predicted molar refractivity (Wildman–Crippen MR) is 71.0 cm³/mol. The van der Waals surface area contributed by atoms with E-state index in [2.05, 4.69) is 44.2 Å². The summed E-state index contributed by atoms with van der Waals surface area (Å²) < 4.78 is 0. The Balaban J connectivity index is 1.94. The summed E-state index contributed by atoms with van der Waals surface area (Å²) in [5.74, 6) is 3.92. The Morgan fingerprint density at radius 2 is 1.94 bits per heavy atom. The van der Waals surface area contributed by atoms with E-state index in [0.29, 0.717) is 5.92 Å². The number of rotatable bonds is 5. The molecule has 1 saturated carbocycles. The Morgan fingerprint density at radius 3 is 2.50 bits per heavy atom. The lowest BCUT2D eigenvalue weighted by Gasteiger charge is -2.16. The molecule has 3 unspecified atom stereocenters. The molecule has 3 atom stereocenters. The molecule has 1 fully saturated rings. The second kappa shape index (κ2) is 5.23. The minimum atomic E-state index is 0.715. The van der Waals surface area contributed by atoms with Gasteiger partial charge in [0.05, 0.1) is 0 Å². The van der Waals surface area contributed by atoms with Gasteiger partial charge in [0.25, 0.3) is 0 Å². The van der Waals surface area contributed by atoms with Crippen LogP contribution in [0.4, 0.5) is 0 Å². The molecule has 0 aromatic heterocycles. The van der Waals surface area contributed by atoms with Crippen molar-refractivity contribution < 1.29 is 0 Å². The first kappa shape index (κ1) is 12.0. The molecule has 0 nitrogen and oxygen atoms in total. The van der Waals surface area contributed by atoms with Gasteiger partial charge in [-0.25, -0.2) is 0 Å². The molecule has 0 bridgehead atoms. The highest BCUT2D eigenvalue weighted by molar-refractivity contribution is 6.18. The van der Waals surface area contributed by atoms with Crippen LogP contribution in [-0.2, 0) is 0 Å². The van der Waals surface area contributed by atoms with E-state index in [9.17, 15) is 0 Å². The third kappa shape index (κ3) is 2.79. The maximum Gasteiger partial charge on any atom is 0.0254 e. The molecule has 0 saturated heterocycles. The minimum Gasteiger partial charge on any atom is -0.126 e. The monoisotopic (exact) mass is 236 g/mol. The molecular formula is C15H21Cl. The van der Waals surface area contributed by atoms with Gasteiger partial charge in [-0.3, -0.25) is 0 Å². The Bertz CT molecular complexity index is 317. The molecule has 0 amide bonds. The summed E-state index contributed by atoms with van der Waals surface area (Å²) in [5, 5.41) is 0. The Labute approximate surface area is 104 Å². The normalized spacial score (nSPS) is 25.8. The van der Waals surface area contributed by atoms with Crippen LogP contribution >= 0.6 is 11.6 Å². The molecule has 0 spiro atoms. The van der Waals surface area contributed by atoms with Crippen molar-refractivity contribution in [1.29, 1.82) is 0 Å². The number of halogens is 1.